The van der Waals surface area contributed by atoms with Gasteiger partial charge in [0, 0.05) is 22.3 Å². The molecule has 1 N–H and O–H groups in total. The highest BCUT2D eigenvalue weighted by atomic mass is 32.2. The molecule has 2 rings (SSSR count). The third kappa shape index (κ3) is 2.54. The average Bonchev–Trinajstić information content (AvgIpc) is 3.00. The maximum Gasteiger partial charge on any atom is 0.244 e. The van der Waals surface area contributed by atoms with Gasteiger partial charge in [0.1, 0.15) is 0 Å². The van der Waals surface area contributed by atoms with Crippen LogP contribution in [0, 0.1) is 13.8 Å². The highest BCUT2D eigenvalue weighted by Gasteiger charge is 2.38. The van der Waals surface area contributed by atoms with Crippen LogP contribution in [0.3, 0.4) is 0 Å². The van der Waals surface area contributed by atoms with Crippen LogP contribution in [0.15, 0.2) is 11.0 Å². The van der Waals surface area contributed by atoms with E-state index in [1.807, 2.05) is 13.8 Å². The van der Waals surface area contributed by atoms with E-state index in [2.05, 4.69) is 0 Å². The molecule has 17 heavy (non-hydrogen) atoms. The number of thiophene rings is 1. The van der Waals surface area contributed by atoms with Crippen LogP contribution in [0.5, 0.6) is 0 Å². The molecule has 0 radical (unpaired) electrons. The number of aliphatic hydroxyl groups is 1. The molecule has 1 aromatic rings. The smallest absolute Gasteiger partial charge is 0.244 e. The SMILES string of the molecule is Cc1cc(S(=O)(=O)N(CCO)C2CC2)c(C)s1. The Balaban J connectivity index is 2.36. The zero-order chi connectivity index (χ0) is 12.6. The molecule has 0 atom stereocenters. The van der Waals surface area contributed by atoms with Gasteiger partial charge in [-0.25, -0.2) is 8.42 Å². The summed E-state index contributed by atoms with van der Waals surface area (Å²) in [6.07, 6.45) is 1.81. The Hall–Kier alpha value is -0.430. The van der Waals surface area contributed by atoms with E-state index in [1.165, 1.54) is 15.6 Å². The van der Waals surface area contributed by atoms with E-state index in [0.29, 0.717) is 4.90 Å². The van der Waals surface area contributed by atoms with Crippen LogP contribution >= 0.6 is 11.3 Å². The predicted octanol–water partition coefficient (Wildman–Crippen LogP) is 1.51. The van der Waals surface area contributed by atoms with Crippen LogP contribution in [0.1, 0.15) is 22.6 Å². The van der Waals surface area contributed by atoms with Gasteiger partial charge in [-0.3, -0.25) is 0 Å². The van der Waals surface area contributed by atoms with E-state index in [9.17, 15) is 8.42 Å². The first-order valence-corrected chi connectivity index (χ1v) is 7.92. The van der Waals surface area contributed by atoms with Gasteiger partial charge < -0.3 is 5.11 Å². The third-order valence-corrected chi connectivity index (χ3v) is 6.03. The van der Waals surface area contributed by atoms with Gasteiger partial charge in [0.15, 0.2) is 0 Å². The van der Waals surface area contributed by atoms with E-state index in [4.69, 9.17) is 5.11 Å². The fraction of sp³-hybridized carbons (Fsp3) is 0.636. The van der Waals surface area contributed by atoms with Crippen LogP contribution in [0.2, 0.25) is 0 Å². The van der Waals surface area contributed by atoms with Crippen LogP contribution in [-0.2, 0) is 10.0 Å². The summed E-state index contributed by atoms with van der Waals surface area (Å²) in [4.78, 5) is 2.23. The first-order valence-electron chi connectivity index (χ1n) is 5.66. The number of sulfonamides is 1. The van der Waals surface area contributed by atoms with Gasteiger partial charge in [-0.05, 0) is 32.8 Å². The van der Waals surface area contributed by atoms with Crippen LogP contribution in [-0.4, -0.2) is 37.0 Å². The van der Waals surface area contributed by atoms with Gasteiger partial charge in [-0.15, -0.1) is 11.3 Å². The van der Waals surface area contributed by atoms with Crippen molar-refractivity contribution < 1.29 is 13.5 Å². The van der Waals surface area contributed by atoms with Crippen molar-refractivity contribution in [3.8, 4) is 0 Å². The van der Waals surface area contributed by atoms with Crippen LogP contribution in [0.4, 0.5) is 0 Å². The quantitative estimate of drug-likeness (QED) is 0.886. The number of aliphatic hydroxyl groups excluding tert-OH is 1. The minimum absolute atomic E-state index is 0.0896. The largest absolute Gasteiger partial charge is 0.395 e. The molecule has 0 saturated heterocycles. The fourth-order valence-corrected chi connectivity index (χ4v) is 5.15. The average molecular weight is 275 g/mol. The maximum absolute atomic E-state index is 12.5. The lowest BCUT2D eigenvalue weighted by Gasteiger charge is -2.20. The zero-order valence-electron chi connectivity index (χ0n) is 10.0. The van der Waals surface area contributed by atoms with Crippen molar-refractivity contribution in [3.63, 3.8) is 0 Å². The van der Waals surface area contributed by atoms with Crippen LogP contribution in [0.25, 0.3) is 0 Å². The Morgan fingerprint density at radius 1 is 1.47 bits per heavy atom. The molecule has 4 nitrogen and oxygen atoms in total. The van der Waals surface area contributed by atoms with Gasteiger partial charge in [-0.1, -0.05) is 0 Å². The summed E-state index contributed by atoms with van der Waals surface area (Å²) in [5, 5.41) is 8.99. The number of aryl methyl sites for hydroxylation is 2. The Kier molecular flexibility index (Phi) is 3.58. The van der Waals surface area contributed by atoms with E-state index in [0.717, 1.165) is 22.6 Å². The Morgan fingerprint density at radius 2 is 2.12 bits per heavy atom. The van der Waals surface area contributed by atoms with E-state index < -0.39 is 10.0 Å². The van der Waals surface area contributed by atoms with E-state index in [-0.39, 0.29) is 19.2 Å². The van der Waals surface area contributed by atoms with E-state index >= 15 is 0 Å². The topological polar surface area (TPSA) is 57.6 Å². The molecule has 6 heteroatoms. The predicted molar refractivity (Wildman–Crippen MR) is 67.8 cm³/mol. The molecule has 0 amide bonds. The second kappa shape index (κ2) is 4.68. The standard InChI is InChI=1S/C11H17NO3S2/c1-8-7-11(9(2)16-8)17(14,15)12(5-6-13)10-3-4-10/h7,10,13H,3-6H2,1-2H3. The first-order chi connectivity index (χ1) is 7.96. The summed E-state index contributed by atoms with van der Waals surface area (Å²) in [5.74, 6) is 0. The van der Waals surface area contributed by atoms with Crippen molar-refractivity contribution in [2.75, 3.05) is 13.2 Å². The normalized spacial score (nSPS) is 16.7. The summed E-state index contributed by atoms with van der Waals surface area (Å²) in [6.45, 7) is 3.80. The highest BCUT2D eigenvalue weighted by molar-refractivity contribution is 7.89. The molecule has 0 bridgehead atoms. The van der Waals surface area contributed by atoms with Gasteiger partial charge in [0.05, 0.1) is 11.5 Å². The van der Waals surface area contributed by atoms with Crippen molar-refractivity contribution in [3.05, 3.63) is 15.8 Å². The number of nitrogens with zero attached hydrogens (tertiary/aromatic N) is 1. The van der Waals surface area contributed by atoms with Crippen molar-refractivity contribution in [2.24, 2.45) is 0 Å². The van der Waals surface area contributed by atoms with Crippen molar-refractivity contribution >= 4 is 21.4 Å². The van der Waals surface area contributed by atoms with E-state index in [1.54, 1.807) is 6.07 Å². The van der Waals surface area contributed by atoms with Crippen molar-refractivity contribution in [1.82, 2.24) is 4.31 Å². The second-order valence-electron chi connectivity index (χ2n) is 4.35. The van der Waals surface area contributed by atoms with Gasteiger partial charge >= 0.3 is 0 Å². The van der Waals surface area contributed by atoms with Gasteiger partial charge in [-0.2, -0.15) is 4.31 Å². The molecule has 96 valence electrons. The molecule has 1 aromatic heterocycles. The Labute approximate surface area is 106 Å². The number of hydrogen-bond acceptors (Lipinski definition) is 4. The number of hydrogen-bond donors (Lipinski definition) is 1. The number of rotatable bonds is 5. The lowest BCUT2D eigenvalue weighted by Crippen LogP contribution is -2.35. The Bertz CT molecular complexity index is 503. The summed E-state index contributed by atoms with van der Waals surface area (Å²) >= 11 is 1.50. The summed E-state index contributed by atoms with van der Waals surface area (Å²) in [7, 11) is -3.43. The summed E-state index contributed by atoms with van der Waals surface area (Å²) < 4.78 is 26.4. The molecule has 1 aliphatic carbocycles. The minimum Gasteiger partial charge on any atom is -0.395 e. The molecule has 1 fully saturated rings. The molecule has 0 aliphatic heterocycles. The fourth-order valence-electron chi connectivity index (χ4n) is 1.95. The van der Waals surface area contributed by atoms with Crippen LogP contribution < -0.4 is 0 Å². The molecular formula is C11H17NO3S2. The molecule has 0 unspecified atom stereocenters. The molecule has 1 saturated carbocycles. The Morgan fingerprint density at radius 3 is 2.53 bits per heavy atom. The zero-order valence-corrected chi connectivity index (χ0v) is 11.6. The molecule has 1 heterocycles. The maximum atomic E-state index is 12.5. The highest BCUT2D eigenvalue weighted by Crippen LogP contribution is 2.34. The monoisotopic (exact) mass is 275 g/mol. The minimum atomic E-state index is -3.43. The summed E-state index contributed by atoms with van der Waals surface area (Å²) in [6, 6.07) is 1.81. The second-order valence-corrected chi connectivity index (χ2v) is 7.67. The van der Waals surface area contributed by atoms with Gasteiger partial charge in [0.2, 0.25) is 10.0 Å². The molecular weight excluding hydrogens is 258 g/mol. The molecule has 0 spiro atoms. The first kappa shape index (κ1) is 13.0. The van der Waals surface area contributed by atoms with Crippen molar-refractivity contribution in [2.45, 2.75) is 37.6 Å². The van der Waals surface area contributed by atoms with Crippen molar-refractivity contribution in [1.29, 1.82) is 0 Å². The summed E-state index contributed by atoms with van der Waals surface area (Å²) in [5.41, 5.74) is 0. The lowest BCUT2D eigenvalue weighted by molar-refractivity contribution is 0.250. The van der Waals surface area contributed by atoms with Gasteiger partial charge in [0.25, 0.3) is 0 Å². The molecule has 0 aromatic carbocycles. The lowest BCUT2D eigenvalue weighted by atomic mass is 10.4. The molecule has 1 aliphatic rings. The third-order valence-electron chi connectivity index (χ3n) is 2.86.